The van der Waals surface area contributed by atoms with Crippen molar-refractivity contribution in [3.63, 3.8) is 0 Å². The summed E-state index contributed by atoms with van der Waals surface area (Å²) < 4.78 is 13.1. The first-order chi connectivity index (χ1) is 8.70. The van der Waals surface area contributed by atoms with Gasteiger partial charge < -0.3 is 5.32 Å². The van der Waals surface area contributed by atoms with E-state index in [1.807, 2.05) is 12.3 Å². The number of halogens is 2. The normalized spacial score (nSPS) is 12.6. The SMILES string of the molecule is CCNC(Cc1nccs1)c1ccc(F)cc1Cl. The van der Waals surface area contributed by atoms with E-state index in [0.29, 0.717) is 5.02 Å². The van der Waals surface area contributed by atoms with Crippen molar-refractivity contribution in [3.8, 4) is 0 Å². The van der Waals surface area contributed by atoms with Gasteiger partial charge in [-0.1, -0.05) is 24.6 Å². The summed E-state index contributed by atoms with van der Waals surface area (Å²) in [6.07, 6.45) is 2.55. The van der Waals surface area contributed by atoms with E-state index in [1.165, 1.54) is 12.1 Å². The van der Waals surface area contributed by atoms with Crippen molar-refractivity contribution < 1.29 is 4.39 Å². The van der Waals surface area contributed by atoms with Crippen molar-refractivity contribution >= 4 is 22.9 Å². The highest BCUT2D eigenvalue weighted by atomic mass is 35.5. The molecule has 0 saturated carbocycles. The van der Waals surface area contributed by atoms with Gasteiger partial charge in [-0.25, -0.2) is 9.37 Å². The third kappa shape index (κ3) is 3.28. The zero-order chi connectivity index (χ0) is 13.0. The van der Waals surface area contributed by atoms with Gasteiger partial charge in [-0.2, -0.15) is 0 Å². The number of benzene rings is 1. The fourth-order valence-electron chi connectivity index (χ4n) is 1.85. The van der Waals surface area contributed by atoms with Gasteiger partial charge in [-0.05, 0) is 24.2 Å². The highest BCUT2D eigenvalue weighted by Crippen LogP contribution is 2.27. The number of nitrogens with zero attached hydrogens (tertiary/aromatic N) is 1. The van der Waals surface area contributed by atoms with Crippen LogP contribution in [0, 0.1) is 5.82 Å². The maximum Gasteiger partial charge on any atom is 0.124 e. The second-order valence-corrected chi connectivity index (χ2v) is 5.29. The molecule has 1 atom stereocenters. The van der Waals surface area contributed by atoms with Gasteiger partial charge >= 0.3 is 0 Å². The first-order valence-corrected chi connectivity index (χ1v) is 7.03. The van der Waals surface area contributed by atoms with Gasteiger partial charge in [-0.15, -0.1) is 11.3 Å². The van der Waals surface area contributed by atoms with Crippen molar-refractivity contribution in [1.29, 1.82) is 0 Å². The molecule has 1 N–H and O–H groups in total. The molecule has 1 aromatic carbocycles. The van der Waals surface area contributed by atoms with Crippen LogP contribution in [-0.2, 0) is 6.42 Å². The Balaban J connectivity index is 2.23. The second kappa shape index (κ2) is 6.27. The third-order valence-corrected chi connectivity index (χ3v) is 3.78. The van der Waals surface area contributed by atoms with Gasteiger partial charge in [-0.3, -0.25) is 0 Å². The molecule has 0 saturated heterocycles. The lowest BCUT2D eigenvalue weighted by molar-refractivity contribution is 0.546. The number of rotatable bonds is 5. The molecule has 2 aromatic rings. The molecule has 0 fully saturated rings. The second-order valence-electron chi connectivity index (χ2n) is 3.91. The van der Waals surface area contributed by atoms with Crippen LogP contribution in [0.25, 0.3) is 0 Å². The lowest BCUT2D eigenvalue weighted by Crippen LogP contribution is -2.23. The summed E-state index contributed by atoms with van der Waals surface area (Å²) >= 11 is 7.72. The molecule has 1 unspecified atom stereocenters. The van der Waals surface area contributed by atoms with Crippen LogP contribution in [0.3, 0.4) is 0 Å². The summed E-state index contributed by atoms with van der Waals surface area (Å²) in [5, 5.41) is 6.81. The topological polar surface area (TPSA) is 24.9 Å². The highest BCUT2D eigenvalue weighted by Gasteiger charge is 2.16. The largest absolute Gasteiger partial charge is 0.310 e. The van der Waals surface area contributed by atoms with Crippen molar-refractivity contribution in [1.82, 2.24) is 10.3 Å². The molecule has 2 rings (SSSR count). The minimum atomic E-state index is -0.312. The van der Waals surface area contributed by atoms with E-state index in [0.717, 1.165) is 23.5 Å². The molecular formula is C13H14ClFN2S. The molecule has 0 amide bonds. The Kier molecular flexibility index (Phi) is 4.69. The number of nitrogens with one attached hydrogen (secondary N) is 1. The van der Waals surface area contributed by atoms with Crippen LogP contribution in [0.1, 0.15) is 23.5 Å². The Morgan fingerprint density at radius 3 is 2.94 bits per heavy atom. The monoisotopic (exact) mass is 284 g/mol. The summed E-state index contributed by atoms with van der Waals surface area (Å²) in [6, 6.07) is 4.59. The number of likely N-dealkylation sites (N-methyl/N-ethyl adjacent to an activating group) is 1. The van der Waals surface area contributed by atoms with Gasteiger partial charge in [0.2, 0.25) is 0 Å². The number of hydrogen-bond acceptors (Lipinski definition) is 3. The molecule has 1 heterocycles. The predicted molar refractivity (Wildman–Crippen MR) is 73.6 cm³/mol. The molecular weight excluding hydrogens is 271 g/mol. The Morgan fingerprint density at radius 1 is 1.50 bits per heavy atom. The quantitative estimate of drug-likeness (QED) is 0.903. The van der Waals surface area contributed by atoms with Crippen molar-refractivity contribution in [2.45, 2.75) is 19.4 Å². The third-order valence-electron chi connectivity index (χ3n) is 2.65. The Bertz CT molecular complexity index is 502. The molecule has 0 aliphatic heterocycles. The molecule has 0 aliphatic rings. The van der Waals surface area contributed by atoms with E-state index < -0.39 is 0 Å². The smallest absolute Gasteiger partial charge is 0.124 e. The lowest BCUT2D eigenvalue weighted by Gasteiger charge is -2.18. The van der Waals surface area contributed by atoms with Crippen LogP contribution < -0.4 is 5.32 Å². The van der Waals surface area contributed by atoms with E-state index >= 15 is 0 Å². The number of hydrogen-bond donors (Lipinski definition) is 1. The van der Waals surface area contributed by atoms with Gasteiger partial charge in [0.15, 0.2) is 0 Å². The van der Waals surface area contributed by atoms with E-state index in [-0.39, 0.29) is 11.9 Å². The molecule has 0 bridgehead atoms. The fourth-order valence-corrected chi connectivity index (χ4v) is 2.81. The molecule has 0 spiro atoms. The lowest BCUT2D eigenvalue weighted by atomic mass is 10.0. The number of thiazole rings is 1. The van der Waals surface area contributed by atoms with Gasteiger partial charge in [0.25, 0.3) is 0 Å². The zero-order valence-electron chi connectivity index (χ0n) is 9.99. The van der Waals surface area contributed by atoms with Gasteiger partial charge in [0.05, 0.1) is 5.01 Å². The summed E-state index contributed by atoms with van der Waals surface area (Å²) in [6.45, 7) is 2.86. The minimum absolute atomic E-state index is 0.0641. The van der Waals surface area contributed by atoms with Crippen molar-refractivity contribution in [3.05, 3.63) is 51.2 Å². The van der Waals surface area contributed by atoms with E-state index in [9.17, 15) is 4.39 Å². The Labute approximate surface area is 115 Å². The predicted octanol–water partition coefficient (Wildman–Crippen LogP) is 3.83. The summed E-state index contributed by atoms with van der Waals surface area (Å²) in [5.41, 5.74) is 0.912. The average molecular weight is 285 g/mol. The molecule has 5 heteroatoms. The van der Waals surface area contributed by atoms with Gasteiger partial charge in [0.1, 0.15) is 5.82 Å². The van der Waals surface area contributed by atoms with Crippen LogP contribution in [0.4, 0.5) is 4.39 Å². The summed E-state index contributed by atoms with van der Waals surface area (Å²) in [7, 11) is 0. The summed E-state index contributed by atoms with van der Waals surface area (Å²) in [5.74, 6) is -0.312. The maximum atomic E-state index is 13.1. The van der Waals surface area contributed by atoms with Crippen LogP contribution in [0.2, 0.25) is 5.02 Å². The maximum absolute atomic E-state index is 13.1. The minimum Gasteiger partial charge on any atom is -0.310 e. The van der Waals surface area contributed by atoms with Crippen LogP contribution in [-0.4, -0.2) is 11.5 Å². The fraction of sp³-hybridized carbons (Fsp3) is 0.308. The average Bonchev–Trinajstić information content (AvgIpc) is 2.81. The van der Waals surface area contributed by atoms with E-state index in [2.05, 4.69) is 10.3 Å². The first-order valence-electron chi connectivity index (χ1n) is 5.77. The molecule has 0 radical (unpaired) electrons. The van der Waals surface area contributed by atoms with Crippen LogP contribution in [0.15, 0.2) is 29.8 Å². The van der Waals surface area contributed by atoms with E-state index in [1.54, 1.807) is 23.6 Å². The zero-order valence-corrected chi connectivity index (χ0v) is 11.6. The highest BCUT2D eigenvalue weighted by molar-refractivity contribution is 7.09. The number of aromatic nitrogens is 1. The molecule has 96 valence electrons. The van der Waals surface area contributed by atoms with Crippen molar-refractivity contribution in [2.24, 2.45) is 0 Å². The Morgan fingerprint density at radius 2 is 2.33 bits per heavy atom. The standard InChI is InChI=1S/C13H14ClFN2S/c1-2-16-12(8-13-17-5-6-18-13)10-4-3-9(15)7-11(10)14/h3-7,12,16H,2,8H2,1H3. The van der Waals surface area contributed by atoms with Crippen molar-refractivity contribution in [2.75, 3.05) is 6.54 Å². The first kappa shape index (κ1) is 13.5. The van der Waals surface area contributed by atoms with Crippen LogP contribution >= 0.6 is 22.9 Å². The van der Waals surface area contributed by atoms with Gasteiger partial charge in [0, 0.05) is 29.1 Å². The molecule has 18 heavy (non-hydrogen) atoms. The molecule has 0 aliphatic carbocycles. The molecule has 1 aromatic heterocycles. The molecule has 2 nitrogen and oxygen atoms in total. The summed E-state index contributed by atoms with van der Waals surface area (Å²) in [4.78, 5) is 4.27. The van der Waals surface area contributed by atoms with Crippen LogP contribution in [0.5, 0.6) is 0 Å². The van der Waals surface area contributed by atoms with E-state index in [4.69, 9.17) is 11.6 Å². The Hall–Kier alpha value is -0.970.